The molecule has 1 aromatic heterocycles. The minimum Gasteiger partial charge on any atom is -0.378 e. The van der Waals surface area contributed by atoms with Crippen molar-refractivity contribution < 1.29 is 14.3 Å². The lowest BCUT2D eigenvalue weighted by molar-refractivity contribution is -0.119. The monoisotopic (exact) mass is 460 g/mol. The molecule has 1 atom stereocenters. The second-order valence-electron chi connectivity index (χ2n) is 8.23. The van der Waals surface area contributed by atoms with E-state index in [0.717, 1.165) is 51.1 Å². The Bertz CT molecular complexity index is 984. The van der Waals surface area contributed by atoms with Crippen molar-refractivity contribution in [3.63, 3.8) is 0 Å². The molecule has 1 amide bonds. The van der Waals surface area contributed by atoms with Crippen molar-refractivity contribution in [2.75, 3.05) is 50.1 Å². The van der Waals surface area contributed by atoms with Gasteiger partial charge in [0, 0.05) is 38.5 Å². The lowest BCUT2D eigenvalue weighted by Gasteiger charge is -2.29. The Kier molecular flexibility index (Phi) is 8.05. The van der Waals surface area contributed by atoms with E-state index in [0.29, 0.717) is 42.4 Å². The van der Waals surface area contributed by atoms with Gasteiger partial charge < -0.3 is 19.7 Å². The van der Waals surface area contributed by atoms with E-state index < -0.39 is 0 Å². The van der Waals surface area contributed by atoms with Crippen LogP contribution in [0, 0.1) is 0 Å². The highest BCUT2D eigenvalue weighted by atomic mass is 32.2. The molecule has 174 valence electrons. The summed E-state index contributed by atoms with van der Waals surface area (Å²) < 4.78 is 12.7. The van der Waals surface area contributed by atoms with Crippen LogP contribution in [0.15, 0.2) is 28.2 Å². The fraction of sp³-hybridized carbons (Fsp3) is 0.609. The van der Waals surface area contributed by atoms with E-state index >= 15 is 0 Å². The quantitative estimate of drug-likeness (QED) is 0.454. The van der Waals surface area contributed by atoms with E-state index in [-0.39, 0.29) is 23.3 Å². The Hall–Kier alpha value is -2.10. The summed E-state index contributed by atoms with van der Waals surface area (Å²) >= 11 is 1.32. The van der Waals surface area contributed by atoms with Crippen LogP contribution in [0.1, 0.15) is 32.6 Å². The van der Waals surface area contributed by atoms with Crippen LogP contribution in [0.2, 0.25) is 0 Å². The fourth-order valence-corrected chi connectivity index (χ4v) is 4.90. The van der Waals surface area contributed by atoms with Crippen LogP contribution >= 0.6 is 11.8 Å². The number of fused-ring (bicyclic) bond motifs is 1. The van der Waals surface area contributed by atoms with Gasteiger partial charge in [0.2, 0.25) is 5.91 Å². The lowest BCUT2D eigenvalue weighted by atomic mass is 10.2. The van der Waals surface area contributed by atoms with Crippen molar-refractivity contribution in [1.29, 1.82) is 0 Å². The predicted octanol–water partition coefficient (Wildman–Crippen LogP) is 2.42. The SMILES string of the molecule is CCCCn1c(SCC(=O)NC[C@@H]2CCCO2)nc2ccc(N3CCOCC3)cc2c1=O. The van der Waals surface area contributed by atoms with Gasteiger partial charge in [0.05, 0.1) is 36.0 Å². The summed E-state index contributed by atoms with van der Waals surface area (Å²) in [6.07, 6.45) is 4.01. The third kappa shape index (κ3) is 5.63. The first kappa shape index (κ1) is 23.1. The maximum atomic E-state index is 13.4. The Balaban J connectivity index is 1.52. The van der Waals surface area contributed by atoms with Crippen LogP contribution < -0.4 is 15.8 Å². The number of anilines is 1. The van der Waals surface area contributed by atoms with E-state index in [1.54, 1.807) is 4.57 Å². The molecule has 0 unspecified atom stereocenters. The number of unbranched alkanes of at least 4 members (excludes halogenated alkanes) is 1. The number of aromatic nitrogens is 2. The van der Waals surface area contributed by atoms with Gasteiger partial charge in [-0.3, -0.25) is 14.2 Å². The van der Waals surface area contributed by atoms with E-state index in [1.165, 1.54) is 11.8 Å². The maximum absolute atomic E-state index is 13.4. The Morgan fingerprint density at radius 3 is 2.88 bits per heavy atom. The van der Waals surface area contributed by atoms with E-state index in [4.69, 9.17) is 14.5 Å². The summed E-state index contributed by atoms with van der Waals surface area (Å²) in [5, 5.41) is 4.16. The van der Waals surface area contributed by atoms with Gasteiger partial charge in [-0.15, -0.1) is 0 Å². The highest BCUT2D eigenvalue weighted by Gasteiger charge is 2.18. The van der Waals surface area contributed by atoms with Gasteiger partial charge in [-0.1, -0.05) is 25.1 Å². The summed E-state index contributed by atoms with van der Waals surface area (Å²) in [6.45, 7) is 7.03. The molecule has 32 heavy (non-hydrogen) atoms. The Labute approximate surface area is 192 Å². The van der Waals surface area contributed by atoms with Crippen LogP contribution in [0.3, 0.4) is 0 Å². The number of nitrogens with one attached hydrogen (secondary N) is 1. The van der Waals surface area contributed by atoms with Crippen molar-refractivity contribution in [3.05, 3.63) is 28.6 Å². The van der Waals surface area contributed by atoms with Gasteiger partial charge in [-0.05, 0) is 37.5 Å². The van der Waals surface area contributed by atoms with E-state index in [1.807, 2.05) is 18.2 Å². The topological polar surface area (TPSA) is 85.7 Å². The molecule has 0 bridgehead atoms. The molecule has 9 heteroatoms. The van der Waals surface area contributed by atoms with Gasteiger partial charge in [-0.2, -0.15) is 0 Å². The fourth-order valence-electron chi connectivity index (χ4n) is 4.04. The summed E-state index contributed by atoms with van der Waals surface area (Å²) in [6, 6.07) is 5.87. The van der Waals surface area contributed by atoms with Gasteiger partial charge in [0.1, 0.15) is 0 Å². The second kappa shape index (κ2) is 11.2. The summed E-state index contributed by atoms with van der Waals surface area (Å²) in [5.41, 5.74) is 1.65. The summed E-state index contributed by atoms with van der Waals surface area (Å²) in [7, 11) is 0. The molecule has 0 radical (unpaired) electrons. The van der Waals surface area contributed by atoms with Crippen molar-refractivity contribution in [2.24, 2.45) is 0 Å². The van der Waals surface area contributed by atoms with E-state index in [2.05, 4.69) is 17.1 Å². The Morgan fingerprint density at radius 1 is 1.28 bits per heavy atom. The van der Waals surface area contributed by atoms with Gasteiger partial charge in [0.25, 0.3) is 5.56 Å². The summed E-state index contributed by atoms with van der Waals surface area (Å²) in [5.74, 6) is 0.160. The first-order valence-electron chi connectivity index (χ1n) is 11.5. The van der Waals surface area contributed by atoms with Crippen molar-refractivity contribution >= 4 is 34.3 Å². The van der Waals surface area contributed by atoms with Crippen molar-refractivity contribution in [3.8, 4) is 0 Å². The van der Waals surface area contributed by atoms with Gasteiger partial charge in [-0.25, -0.2) is 4.98 Å². The number of thioether (sulfide) groups is 1. The zero-order valence-electron chi connectivity index (χ0n) is 18.7. The molecular weight excluding hydrogens is 428 g/mol. The molecule has 0 spiro atoms. The molecule has 2 aromatic rings. The largest absolute Gasteiger partial charge is 0.378 e. The van der Waals surface area contributed by atoms with Gasteiger partial charge in [0.15, 0.2) is 5.16 Å². The summed E-state index contributed by atoms with van der Waals surface area (Å²) in [4.78, 5) is 32.7. The molecular formula is C23H32N4O4S. The average Bonchev–Trinajstić information content (AvgIpc) is 3.35. The molecule has 0 aliphatic carbocycles. The number of amides is 1. The smallest absolute Gasteiger partial charge is 0.262 e. The number of nitrogens with zero attached hydrogens (tertiary/aromatic N) is 3. The third-order valence-corrected chi connectivity index (χ3v) is 6.87. The molecule has 1 N–H and O–H groups in total. The molecule has 2 fully saturated rings. The normalized spacial score (nSPS) is 18.9. The molecule has 4 rings (SSSR count). The highest BCUT2D eigenvalue weighted by Crippen LogP contribution is 2.23. The number of benzene rings is 1. The second-order valence-corrected chi connectivity index (χ2v) is 9.18. The number of carbonyl (C=O) groups excluding carboxylic acids is 1. The highest BCUT2D eigenvalue weighted by molar-refractivity contribution is 7.99. The average molecular weight is 461 g/mol. The zero-order chi connectivity index (χ0) is 22.3. The maximum Gasteiger partial charge on any atom is 0.262 e. The molecule has 1 aromatic carbocycles. The first-order chi connectivity index (χ1) is 15.7. The van der Waals surface area contributed by atoms with E-state index in [9.17, 15) is 9.59 Å². The zero-order valence-corrected chi connectivity index (χ0v) is 19.5. The van der Waals surface area contributed by atoms with Gasteiger partial charge >= 0.3 is 0 Å². The van der Waals surface area contributed by atoms with Crippen molar-refractivity contribution in [1.82, 2.24) is 14.9 Å². The van der Waals surface area contributed by atoms with Crippen LogP contribution in [0.25, 0.3) is 10.9 Å². The minimum atomic E-state index is -0.0652. The molecule has 0 saturated carbocycles. The van der Waals surface area contributed by atoms with Crippen LogP contribution in [-0.2, 0) is 20.8 Å². The molecule has 2 aliphatic heterocycles. The van der Waals surface area contributed by atoms with Crippen molar-refractivity contribution in [2.45, 2.75) is 50.4 Å². The number of morpholine rings is 1. The predicted molar refractivity (Wildman–Crippen MR) is 127 cm³/mol. The number of carbonyl (C=O) groups is 1. The van der Waals surface area contributed by atoms with Crippen LogP contribution in [0.4, 0.5) is 5.69 Å². The minimum absolute atomic E-state index is 0.0409. The number of hydrogen-bond donors (Lipinski definition) is 1. The number of ether oxygens (including phenoxy) is 2. The standard InChI is InChI=1S/C23H32N4O4S/c1-2-3-8-27-22(29)19-14-17(26-9-12-30-13-10-26)6-7-20(19)25-23(27)32-16-21(28)24-15-18-5-4-11-31-18/h6-7,14,18H,2-5,8-13,15-16H2,1H3,(H,24,28)/t18-/m0/s1. The molecule has 3 heterocycles. The first-order valence-corrected chi connectivity index (χ1v) is 12.5. The number of hydrogen-bond acceptors (Lipinski definition) is 7. The van der Waals surface area contributed by atoms with Crippen LogP contribution in [0.5, 0.6) is 0 Å². The number of rotatable bonds is 9. The molecule has 8 nitrogen and oxygen atoms in total. The molecule has 2 saturated heterocycles. The third-order valence-electron chi connectivity index (χ3n) is 5.90. The molecule has 2 aliphatic rings. The Morgan fingerprint density at radius 2 is 2.12 bits per heavy atom. The van der Waals surface area contributed by atoms with Crippen LogP contribution in [-0.4, -0.2) is 66.8 Å². The lowest BCUT2D eigenvalue weighted by Crippen LogP contribution is -2.36.